The number of anilines is 1. The van der Waals surface area contributed by atoms with E-state index >= 15 is 0 Å². The third kappa shape index (κ3) is 3.55. The van der Waals surface area contributed by atoms with E-state index in [4.69, 9.17) is 27.9 Å². The van der Waals surface area contributed by atoms with Crippen LogP contribution in [0.25, 0.3) is 0 Å². The van der Waals surface area contributed by atoms with Crippen molar-refractivity contribution in [3.05, 3.63) is 28.2 Å². The first-order valence-corrected chi connectivity index (χ1v) is 6.91. The maximum absolute atomic E-state index is 12.0. The molecule has 7 heteroatoms. The van der Waals surface area contributed by atoms with E-state index < -0.39 is 12.1 Å². The first kappa shape index (κ1) is 14.9. The lowest BCUT2D eigenvalue weighted by molar-refractivity contribution is -0.141. The molecule has 20 heavy (non-hydrogen) atoms. The van der Waals surface area contributed by atoms with Crippen LogP contribution in [0.4, 0.5) is 5.69 Å². The van der Waals surface area contributed by atoms with Crippen LogP contribution in [0.2, 0.25) is 10.0 Å². The van der Waals surface area contributed by atoms with Gasteiger partial charge in [-0.3, -0.25) is 4.79 Å². The molecule has 2 N–H and O–H groups in total. The molecule has 1 aromatic carbocycles. The summed E-state index contributed by atoms with van der Waals surface area (Å²) in [7, 11) is 0. The number of esters is 1. The molecule has 1 aliphatic rings. The number of nitrogens with one attached hydrogen (secondary N) is 2. The first-order valence-electron chi connectivity index (χ1n) is 6.16. The highest BCUT2D eigenvalue weighted by Gasteiger charge is 2.29. The van der Waals surface area contributed by atoms with Crippen LogP contribution in [0.3, 0.4) is 0 Å². The molecular formula is C13H14Cl2N2O3. The Hall–Kier alpha value is -1.46. The van der Waals surface area contributed by atoms with Gasteiger partial charge in [0, 0.05) is 12.1 Å². The Balaban J connectivity index is 1.93. The summed E-state index contributed by atoms with van der Waals surface area (Å²) in [6.07, 6.45) is 0.504. The van der Waals surface area contributed by atoms with Crippen molar-refractivity contribution in [1.29, 1.82) is 0 Å². The molecule has 0 aliphatic carbocycles. The van der Waals surface area contributed by atoms with Gasteiger partial charge in [-0.05, 0) is 25.1 Å². The maximum atomic E-state index is 12.0. The van der Waals surface area contributed by atoms with Gasteiger partial charge in [0.1, 0.15) is 12.1 Å². The Morgan fingerprint density at radius 1 is 1.40 bits per heavy atom. The lowest BCUT2D eigenvalue weighted by atomic mass is 10.2. The van der Waals surface area contributed by atoms with E-state index in [1.165, 1.54) is 0 Å². The number of cyclic esters (lactones) is 1. The molecule has 1 aliphatic heterocycles. The molecule has 2 rings (SSSR count). The van der Waals surface area contributed by atoms with Crippen LogP contribution in [0.15, 0.2) is 18.2 Å². The number of carbonyl (C=O) groups is 2. The van der Waals surface area contributed by atoms with Gasteiger partial charge in [0.2, 0.25) is 5.91 Å². The number of ether oxygens (including phenoxy) is 1. The first-order chi connectivity index (χ1) is 9.47. The minimum atomic E-state index is -0.555. The van der Waals surface area contributed by atoms with Crippen molar-refractivity contribution in [2.75, 3.05) is 11.9 Å². The van der Waals surface area contributed by atoms with E-state index in [1.807, 2.05) is 0 Å². The van der Waals surface area contributed by atoms with Crippen molar-refractivity contribution in [1.82, 2.24) is 5.32 Å². The third-order valence-corrected chi connectivity index (χ3v) is 3.69. The Bertz CT molecular complexity index is 536. The largest absolute Gasteiger partial charge is 0.464 e. The Morgan fingerprint density at radius 3 is 2.75 bits per heavy atom. The summed E-state index contributed by atoms with van der Waals surface area (Å²) in [6, 6.07) is 3.94. The highest BCUT2D eigenvalue weighted by molar-refractivity contribution is 6.42. The number of halogens is 2. The summed E-state index contributed by atoms with van der Waals surface area (Å²) in [5.41, 5.74) is 0.677. The lowest BCUT2D eigenvalue weighted by Gasteiger charge is -2.17. The molecule has 0 saturated carbocycles. The van der Waals surface area contributed by atoms with Crippen LogP contribution >= 0.6 is 23.2 Å². The topological polar surface area (TPSA) is 67.4 Å². The average Bonchev–Trinajstić information content (AvgIpc) is 2.79. The molecule has 0 radical (unpaired) electrons. The van der Waals surface area contributed by atoms with Crippen LogP contribution in [0, 0.1) is 0 Å². The lowest BCUT2D eigenvalue weighted by Crippen LogP contribution is -2.45. The van der Waals surface area contributed by atoms with Crippen molar-refractivity contribution in [3.63, 3.8) is 0 Å². The van der Waals surface area contributed by atoms with Gasteiger partial charge in [-0.1, -0.05) is 23.2 Å². The number of benzene rings is 1. The minimum Gasteiger partial charge on any atom is -0.464 e. The van der Waals surface area contributed by atoms with Gasteiger partial charge in [0.15, 0.2) is 0 Å². The second-order valence-corrected chi connectivity index (χ2v) is 5.33. The minimum absolute atomic E-state index is 0.278. The second kappa shape index (κ2) is 6.33. The van der Waals surface area contributed by atoms with E-state index in [2.05, 4.69) is 10.6 Å². The van der Waals surface area contributed by atoms with Gasteiger partial charge < -0.3 is 15.4 Å². The molecule has 2 unspecified atom stereocenters. The number of rotatable bonds is 4. The second-order valence-electron chi connectivity index (χ2n) is 4.51. The molecule has 1 aromatic rings. The number of hydrogen-bond acceptors (Lipinski definition) is 4. The molecule has 0 aromatic heterocycles. The van der Waals surface area contributed by atoms with Crippen LogP contribution in [-0.2, 0) is 14.3 Å². The molecule has 1 amide bonds. The molecule has 1 heterocycles. The van der Waals surface area contributed by atoms with Crippen LogP contribution < -0.4 is 10.6 Å². The number of hydrogen-bond donors (Lipinski definition) is 2. The average molecular weight is 317 g/mol. The molecule has 1 saturated heterocycles. The fraction of sp³-hybridized carbons (Fsp3) is 0.385. The van der Waals surface area contributed by atoms with Crippen molar-refractivity contribution >= 4 is 40.8 Å². The number of carbonyl (C=O) groups excluding carboxylic acids is 2. The molecule has 1 fully saturated rings. The van der Waals surface area contributed by atoms with E-state index in [1.54, 1.807) is 25.1 Å². The van der Waals surface area contributed by atoms with E-state index in [0.29, 0.717) is 28.8 Å². The maximum Gasteiger partial charge on any atom is 0.328 e. The van der Waals surface area contributed by atoms with E-state index in [9.17, 15) is 9.59 Å². The smallest absolute Gasteiger partial charge is 0.328 e. The summed E-state index contributed by atoms with van der Waals surface area (Å²) >= 11 is 11.7. The van der Waals surface area contributed by atoms with Crippen LogP contribution in [0.1, 0.15) is 13.3 Å². The standard InChI is InChI=1S/C13H14Cl2N2O3/c1-7(12(18)17-11-4-5-20-13(11)19)16-8-2-3-9(14)10(15)6-8/h2-3,6-7,11,16H,4-5H2,1H3,(H,17,18). The SMILES string of the molecule is CC(Nc1ccc(Cl)c(Cl)c1)C(=O)NC1CCOC1=O. The van der Waals surface area contributed by atoms with Gasteiger partial charge in [-0.25, -0.2) is 4.79 Å². The molecule has 0 bridgehead atoms. The highest BCUT2D eigenvalue weighted by atomic mass is 35.5. The van der Waals surface area contributed by atoms with Crippen molar-refractivity contribution < 1.29 is 14.3 Å². The predicted octanol–water partition coefficient (Wildman–Crippen LogP) is 2.23. The highest BCUT2D eigenvalue weighted by Crippen LogP contribution is 2.25. The summed E-state index contributed by atoms with van der Waals surface area (Å²) in [4.78, 5) is 23.2. The Morgan fingerprint density at radius 2 is 2.15 bits per heavy atom. The van der Waals surface area contributed by atoms with Crippen LogP contribution in [-0.4, -0.2) is 30.6 Å². The fourth-order valence-electron chi connectivity index (χ4n) is 1.83. The molecule has 0 spiro atoms. The zero-order valence-corrected chi connectivity index (χ0v) is 12.3. The summed E-state index contributed by atoms with van der Waals surface area (Å²) in [5, 5.41) is 6.48. The van der Waals surface area contributed by atoms with Crippen molar-refractivity contribution in [2.45, 2.75) is 25.4 Å². The number of amides is 1. The Labute approximate surface area is 126 Å². The van der Waals surface area contributed by atoms with Crippen molar-refractivity contribution in [2.24, 2.45) is 0 Å². The van der Waals surface area contributed by atoms with Crippen LogP contribution in [0.5, 0.6) is 0 Å². The van der Waals surface area contributed by atoms with Gasteiger partial charge in [0.25, 0.3) is 0 Å². The normalized spacial score (nSPS) is 19.4. The summed E-state index contributed by atoms with van der Waals surface area (Å²) < 4.78 is 4.79. The Kier molecular flexibility index (Phi) is 4.73. The van der Waals surface area contributed by atoms with E-state index in [0.717, 1.165) is 0 Å². The zero-order valence-electron chi connectivity index (χ0n) is 10.8. The molecular weight excluding hydrogens is 303 g/mol. The fourth-order valence-corrected chi connectivity index (χ4v) is 2.12. The molecule has 5 nitrogen and oxygen atoms in total. The van der Waals surface area contributed by atoms with Gasteiger partial charge in [-0.15, -0.1) is 0 Å². The van der Waals surface area contributed by atoms with E-state index in [-0.39, 0.29) is 11.9 Å². The summed E-state index contributed by atoms with van der Waals surface area (Å²) in [6.45, 7) is 2.04. The summed E-state index contributed by atoms with van der Waals surface area (Å²) in [5.74, 6) is -0.667. The molecule has 2 atom stereocenters. The van der Waals surface area contributed by atoms with Gasteiger partial charge in [0.05, 0.1) is 16.7 Å². The van der Waals surface area contributed by atoms with Gasteiger partial charge >= 0.3 is 5.97 Å². The zero-order chi connectivity index (χ0) is 14.7. The van der Waals surface area contributed by atoms with Gasteiger partial charge in [-0.2, -0.15) is 0 Å². The predicted molar refractivity (Wildman–Crippen MR) is 77.1 cm³/mol. The quantitative estimate of drug-likeness (QED) is 0.836. The third-order valence-electron chi connectivity index (χ3n) is 2.95. The van der Waals surface area contributed by atoms with Crippen molar-refractivity contribution in [3.8, 4) is 0 Å². The molecule has 108 valence electrons. The monoisotopic (exact) mass is 316 g/mol.